The number of benzene rings is 4. The zero-order valence-corrected chi connectivity index (χ0v) is 34.8. The van der Waals surface area contributed by atoms with E-state index in [-0.39, 0.29) is 45.5 Å². The van der Waals surface area contributed by atoms with Crippen molar-refractivity contribution >= 4 is 68.2 Å². The van der Waals surface area contributed by atoms with Crippen molar-refractivity contribution in [3.05, 3.63) is 132 Å². The van der Waals surface area contributed by atoms with E-state index in [2.05, 4.69) is 10.6 Å². The van der Waals surface area contributed by atoms with Crippen molar-refractivity contribution in [2.45, 2.75) is 64.2 Å². The van der Waals surface area contributed by atoms with Crippen LogP contribution in [-0.4, -0.2) is 112 Å². The SMILES string of the molecule is C1CCOC1.C1CCOC1.C1CCOC1.C1CCOC1.C1CCOC1.[Sr+2].c1ccc([N-]c2ccccc2)cc1.c1ccc([N-]c2ccccc2)cc1. The molecule has 4 aromatic rings. The summed E-state index contributed by atoms with van der Waals surface area (Å²) < 4.78 is 24.7. The van der Waals surface area contributed by atoms with Crippen molar-refractivity contribution in [2.24, 2.45) is 0 Å². The summed E-state index contributed by atoms with van der Waals surface area (Å²) >= 11 is 0. The number of nitrogens with zero attached hydrogens (tertiary/aromatic N) is 2. The first-order chi connectivity index (χ1) is 25.4. The standard InChI is InChI=1S/2C12H10N.5C4H8O.Sr/c2*1-3-7-11(8-4-1)13-12-9-5-2-6-10-12;5*1-2-4-5-3-1;/h2*1-10H;5*1-4H2;/q2*-1;;;;;;+2. The number of para-hydroxylation sites is 4. The van der Waals surface area contributed by atoms with Gasteiger partial charge in [-0.1, -0.05) is 121 Å². The molecular weight excluding hydrogens is 724 g/mol. The largest absolute Gasteiger partial charge is 2.00 e. The van der Waals surface area contributed by atoms with Gasteiger partial charge in [0.1, 0.15) is 0 Å². The fourth-order valence-corrected chi connectivity index (χ4v) is 4.86. The van der Waals surface area contributed by atoms with E-state index >= 15 is 0 Å². The van der Waals surface area contributed by atoms with Crippen LogP contribution in [0.4, 0.5) is 22.7 Å². The van der Waals surface area contributed by atoms with Crippen molar-refractivity contribution in [3.63, 3.8) is 0 Å². The molecule has 4 aromatic carbocycles. The van der Waals surface area contributed by atoms with Crippen molar-refractivity contribution in [3.8, 4) is 0 Å². The maximum Gasteiger partial charge on any atom is 2.00 e. The van der Waals surface area contributed by atoms with Crippen LogP contribution < -0.4 is 0 Å². The zero-order valence-electron chi connectivity index (χ0n) is 31.3. The van der Waals surface area contributed by atoms with Gasteiger partial charge in [0.05, 0.1) is 0 Å². The third kappa shape index (κ3) is 26.5. The van der Waals surface area contributed by atoms with E-state index in [0.29, 0.717) is 0 Å². The smallest absolute Gasteiger partial charge is 0.658 e. The Morgan fingerprint density at radius 2 is 0.404 bits per heavy atom. The zero-order chi connectivity index (χ0) is 35.5. The van der Waals surface area contributed by atoms with Gasteiger partial charge in [0, 0.05) is 66.1 Å². The minimum atomic E-state index is 0. The van der Waals surface area contributed by atoms with Crippen molar-refractivity contribution in [2.75, 3.05) is 66.1 Å². The number of ether oxygens (including phenoxy) is 5. The first-order valence-corrected chi connectivity index (χ1v) is 18.9. The molecule has 5 aliphatic heterocycles. The molecule has 278 valence electrons. The van der Waals surface area contributed by atoms with E-state index in [9.17, 15) is 0 Å². The van der Waals surface area contributed by atoms with E-state index < -0.39 is 0 Å². The Bertz CT molecular complexity index is 1020. The summed E-state index contributed by atoms with van der Waals surface area (Å²) in [7, 11) is 0. The molecule has 5 aliphatic rings. The summed E-state index contributed by atoms with van der Waals surface area (Å²) in [6.45, 7) is 10.0. The number of rotatable bonds is 4. The first-order valence-electron chi connectivity index (χ1n) is 18.9. The van der Waals surface area contributed by atoms with E-state index in [1.807, 2.05) is 121 Å². The van der Waals surface area contributed by atoms with Gasteiger partial charge in [-0.15, -0.1) is 22.7 Å². The molecule has 0 atom stereocenters. The summed E-state index contributed by atoms with van der Waals surface area (Å²) in [5.41, 5.74) is 3.98. The van der Waals surface area contributed by atoms with Gasteiger partial charge in [0.15, 0.2) is 0 Å². The van der Waals surface area contributed by atoms with Crippen LogP contribution in [0.25, 0.3) is 10.6 Å². The summed E-state index contributed by atoms with van der Waals surface area (Å²) in [6.07, 6.45) is 12.8. The second-order valence-corrected chi connectivity index (χ2v) is 12.2. The molecule has 0 radical (unpaired) electrons. The molecule has 5 fully saturated rings. The monoisotopic (exact) mass is 784 g/mol. The van der Waals surface area contributed by atoms with E-state index in [1.54, 1.807) is 0 Å². The normalized spacial score (nSPS) is 16.3. The van der Waals surface area contributed by atoms with Gasteiger partial charge >= 0.3 is 45.5 Å². The summed E-state index contributed by atoms with van der Waals surface area (Å²) in [5.74, 6) is 0. The Labute approximate surface area is 351 Å². The van der Waals surface area contributed by atoms with Gasteiger partial charge < -0.3 is 34.3 Å². The molecule has 9 rings (SSSR count). The molecule has 0 aliphatic carbocycles. The quantitative estimate of drug-likeness (QED) is 0.193. The van der Waals surface area contributed by atoms with Crippen LogP contribution in [0.3, 0.4) is 0 Å². The molecule has 0 spiro atoms. The fraction of sp³-hybridized carbons (Fsp3) is 0.455. The second kappa shape index (κ2) is 34.5. The molecule has 52 heavy (non-hydrogen) atoms. The van der Waals surface area contributed by atoms with Crippen LogP contribution in [0.5, 0.6) is 0 Å². The molecule has 7 nitrogen and oxygen atoms in total. The average Bonchev–Trinajstić information content (AvgIpc) is 4.07. The summed E-state index contributed by atoms with van der Waals surface area (Å²) in [5, 5.41) is 8.88. The van der Waals surface area contributed by atoms with Crippen molar-refractivity contribution in [1.82, 2.24) is 0 Å². The molecule has 5 saturated heterocycles. The Balaban J connectivity index is 0.000000221. The third-order valence-electron chi connectivity index (χ3n) is 7.68. The number of hydrogen-bond donors (Lipinski definition) is 0. The van der Waals surface area contributed by atoms with Crippen LogP contribution in [0, 0.1) is 0 Å². The Morgan fingerprint density at radius 1 is 0.250 bits per heavy atom. The van der Waals surface area contributed by atoms with E-state index in [0.717, 1.165) is 88.8 Å². The predicted octanol–water partition coefficient (Wildman–Crippen LogP) is 11.7. The van der Waals surface area contributed by atoms with E-state index in [4.69, 9.17) is 23.7 Å². The van der Waals surface area contributed by atoms with Crippen LogP contribution >= 0.6 is 0 Å². The molecular formula is C44H60N2O5Sr. The van der Waals surface area contributed by atoms with Crippen molar-refractivity contribution < 1.29 is 23.7 Å². The average molecular weight is 785 g/mol. The molecule has 0 aromatic heterocycles. The topological polar surface area (TPSA) is 74.4 Å². The maximum atomic E-state index is 4.94. The number of hydrogen-bond acceptors (Lipinski definition) is 5. The molecule has 0 saturated carbocycles. The van der Waals surface area contributed by atoms with Crippen LogP contribution in [0.1, 0.15) is 64.2 Å². The summed E-state index contributed by atoms with van der Waals surface area (Å²) in [4.78, 5) is 0. The van der Waals surface area contributed by atoms with Gasteiger partial charge in [0.2, 0.25) is 0 Å². The van der Waals surface area contributed by atoms with Gasteiger partial charge in [0.25, 0.3) is 0 Å². The molecule has 0 bridgehead atoms. The second-order valence-electron chi connectivity index (χ2n) is 12.2. The Morgan fingerprint density at radius 3 is 0.519 bits per heavy atom. The van der Waals surface area contributed by atoms with Crippen LogP contribution in [-0.2, 0) is 23.7 Å². The molecule has 0 N–H and O–H groups in total. The Kier molecular flexibility index (Phi) is 30.5. The Hall–Kier alpha value is -2.24. The maximum absolute atomic E-state index is 4.94. The molecule has 5 heterocycles. The van der Waals surface area contributed by atoms with E-state index in [1.165, 1.54) is 64.2 Å². The minimum absolute atomic E-state index is 0. The van der Waals surface area contributed by atoms with Crippen molar-refractivity contribution in [1.29, 1.82) is 0 Å². The predicted molar refractivity (Wildman–Crippen MR) is 217 cm³/mol. The van der Waals surface area contributed by atoms with Gasteiger partial charge in [-0.25, -0.2) is 0 Å². The minimum Gasteiger partial charge on any atom is -0.658 e. The molecule has 0 amide bonds. The van der Waals surface area contributed by atoms with Gasteiger partial charge in [-0.3, -0.25) is 0 Å². The fourth-order valence-electron chi connectivity index (χ4n) is 4.86. The van der Waals surface area contributed by atoms with Crippen LogP contribution in [0.15, 0.2) is 121 Å². The first kappa shape index (κ1) is 45.9. The van der Waals surface area contributed by atoms with Gasteiger partial charge in [-0.2, -0.15) is 0 Å². The van der Waals surface area contributed by atoms with Gasteiger partial charge in [-0.05, 0) is 64.2 Å². The third-order valence-corrected chi connectivity index (χ3v) is 7.68. The van der Waals surface area contributed by atoms with Crippen LogP contribution in [0.2, 0.25) is 0 Å². The molecule has 0 unspecified atom stereocenters. The summed E-state index contributed by atoms with van der Waals surface area (Å²) in [6, 6.07) is 39.8. The molecule has 8 heteroatoms.